The average molecular weight is 250 g/mol. The molecule has 1 atom stereocenters. The number of thiophene rings is 1. The van der Waals surface area contributed by atoms with E-state index in [0.717, 1.165) is 10.8 Å². The fourth-order valence-corrected chi connectivity index (χ4v) is 3.94. The quantitative estimate of drug-likeness (QED) is 0.871. The molecule has 0 amide bonds. The third-order valence-electron chi connectivity index (χ3n) is 2.97. The summed E-state index contributed by atoms with van der Waals surface area (Å²) in [5, 5.41) is 8.92. The summed E-state index contributed by atoms with van der Waals surface area (Å²) in [5.74, 6) is 0. The molecule has 0 aromatic carbocycles. The number of hydrogen-bond acceptors (Lipinski definition) is 4. The van der Waals surface area contributed by atoms with Crippen LogP contribution in [0.1, 0.15) is 35.0 Å². The van der Waals surface area contributed by atoms with Crippen LogP contribution in [0.4, 0.5) is 5.13 Å². The van der Waals surface area contributed by atoms with Gasteiger partial charge in [0, 0.05) is 10.3 Å². The molecule has 0 bridgehead atoms. The number of thiazole rings is 1. The summed E-state index contributed by atoms with van der Waals surface area (Å²) in [6.07, 6.45) is 3.76. The molecule has 3 rings (SSSR count). The highest BCUT2D eigenvalue weighted by Crippen LogP contribution is 2.35. The molecule has 2 aromatic heterocycles. The summed E-state index contributed by atoms with van der Waals surface area (Å²) in [4.78, 5) is 6.03. The zero-order chi connectivity index (χ0) is 11.0. The predicted molar refractivity (Wildman–Crippen MR) is 70.5 cm³/mol. The zero-order valence-electron chi connectivity index (χ0n) is 9.19. The summed E-state index contributed by atoms with van der Waals surface area (Å²) in [6.45, 7) is 2.04. The second-order valence-electron chi connectivity index (χ2n) is 4.18. The first-order valence-electron chi connectivity index (χ1n) is 5.58. The van der Waals surface area contributed by atoms with Crippen molar-refractivity contribution in [3.8, 4) is 0 Å². The SMILES string of the molecule is Cc1csc(NC2CCCc3sccc32)n1. The Labute approximate surface area is 103 Å². The van der Waals surface area contributed by atoms with Gasteiger partial charge in [-0.25, -0.2) is 4.98 Å². The van der Waals surface area contributed by atoms with Crippen molar-refractivity contribution in [2.45, 2.75) is 32.2 Å². The molecular formula is C12H14N2S2. The van der Waals surface area contributed by atoms with Crippen LogP contribution in [0.3, 0.4) is 0 Å². The minimum absolute atomic E-state index is 0.473. The molecule has 2 heterocycles. The number of nitrogens with zero attached hydrogens (tertiary/aromatic N) is 1. The molecule has 2 nitrogen and oxygen atoms in total. The lowest BCUT2D eigenvalue weighted by Gasteiger charge is -2.23. The molecule has 1 aliphatic rings. The Morgan fingerprint density at radius 3 is 3.19 bits per heavy atom. The number of hydrogen-bond donors (Lipinski definition) is 1. The highest BCUT2D eigenvalue weighted by Gasteiger charge is 2.21. The topological polar surface area (TPSA) is 24.9 Å². The van der Waals surface area contributed by atoms with Crippen molar-refractivity contribution in [1.29, 1.82) is 0 Å². The third-order valence-corrected chi connectivity index (χ3v) is 4.86. The van der Waals surface area contributed by atoms with E-state index in [1.165, 1.54) is 24.8 Å². The molecule has 84 valence electrons. The molecule has 1 unspecified atom stereocenters. The zero-order valence-corrected chi connectivity index (χ0v) is 10.8. The number of anilines is 1. The molecule has 1 aliphatic carbocycles. The van der Waals surface area contributed by atoms with Crippen molar-refractivity contribution in [2.75, 3.05) is 5.32 Å². The van der Waals surface area contributed by atoms with Gasteiger partial charge in [0.2, 0.25) is 0 Å². The standard InChI is InChI=1S/C12H14N2S2/c1-8-7-16-12(13-8)14-10-3-2-4-11-9(10)5-6-15-11/h5-7,10H,2-4H2,1H3,(H,13,14). The lowest BCUT2D eigenvalue weighted by molar-refractivity contribution is 0.608. The van der Waals surface area contributed by atoms with Crippen LogP contribution in [0.15, 0.2) is 16.8 Å². The van der Waals surface area contributed by atoms with Gasteiger partial charge in [0.05, 0.1) is 11.7 Å². The Morgan fingerprint density at radius 1 is 1.44 bits per heavy atom. The summed E-state index contributed by atoms with van der Waals surface area (Å²) >= 11 is 3.59. The van der Waals surface area contributed by atoms with Gasteiger partial charge in [-0.15, -0.1) is 22.7 Å². The van der Waals surface area contributed by atoms with Gasteiger partial charge < -0.3 is 5.32 Å². The molecular weight excluding hydrogens is 236 g/mol. The molecule has 0 saturated carbocycles. The highest BCUT2D eigenvalue weighted by atomic mass is 32.1. The first-order valence-corrected chi connectivity index (χ1v) is 7.34. The largest absolute Gasteiger partial charge is 0.355 e. The number of nitrogens with one attached hydrogen (secondary N) is 1. The Bertz CT molecular complexity index is 487. The minimum atomic E-state index is 0.473. The van der Waals surface area contributed by atoms with Crippen molar-refractivity contribution < 1.29 is 0 Å². The van der Waals surface area contributed by atoms with Gasteiger partial charge in [-0.1, -0.05) is 0 Å². The van der Waals surface area contributed by atoms with Crippen LogP contribution in [0.25, 0.3) is 0 Å². The Hall–Kier alpha value is -0.870. The van der Waals surface area contributed by atoms with Gasteiger partial charge in [0.15, 0.2) is 5.13 Å². The third kappa shape index (κ3) is 1.87. The average Bonchev–Trinajstić information content (AvgIpc) is 2.87. The van der Waals surface area contributed by atoms with Gasteiger partial charge in [-0.3, -0.25) is 0 Å². The molecule has 0 fully saturated rings. The van der Waals surface area contributed by atoms with Crippen molar-refractivity contribution in [3.63, 3.8) is 0 Å². The molecule has 1 N–H and O–H groups in total. The number of rotatable bonds is 2. The van der Waals surface area contributed by atoms with Gasteiger partial charge in [0.25, 0.3) is 0 Å². The maximum absolute atomic E-state index is 4.47. The van der Waals surface area contributed by atoms with Crippen LogP contribution in [-0.2, 0) is 6.42 Å². The van der Waals surface area contributed by atoms with E-state index in [1.807, 2.05) is 18.3 Å². The maximum atomic E-state index is 4.47. The van der Waals surface area contributed by atoms with Crippen molar-refractivity contribution in [1.82, 2.24) is 4.98 Å². The van der Waals surface area contributed by atoms with E-state index in [0.29, 0.717) is 6.04 Å². The lowest BCUT2D eigenvalue weighted by atomic mass is 9.94. The first kappa shape index (κ1) is 10.3. The Kier molecular flexibility index (Phi) is 2.69. The Morgan fingerprint density at radius 2 is 2.38 bits per heavy atom. The van der Waals surface area contributed by atoms with Gasteiger partial charge in [-0.2, -0.15) is 0 Å². The number of aromatic nitrogens is 1. The van der Waals surface area contributed by atoms with Gasteiger partial charge >= 0.3 is 0 Å². The van der Waals surface area contributed by atoms with E-state index in [-0.39, 0.29) is 0 Å². The van der Waals surface area contributed by atoms with Gasteiger partial charge in [-0.05, 0) is 43.2 Å². The predicted octanol–water partition coefficient (Wildman–Crippen LogP) is 4.00. The van der Waals surface area contributed by atoms with E-state index in [1.54, 1.807) is 16.2 Å². The minimum Gasteiger partial charge on any atom is -0.355 e. The van der Waals surface area contributed by atoms with E-state index < -0.39 is 0 Å². The summed E-state index contributed by atoms with van der Waals surface area (Å²) in [6, 6.07) is 2.73. The van der Waals surface area contributed by atoms with Crippen LogP contribution in [-0.4, -0.2) is 4.98 Å². The van der Waals surface area contributed by atoms with Crippen LogP contribution in [0.2, 0.25) is 0 Å². The van der Waals surface area contributed by atoms with Crippen LogP contribution in [0, 0.1) is 6.92 Å². The van der Waals surface area contributed by atoms with Crippen molar-refractivity contribution >= 4 is 27.8 Å². The number of aryl methyl sites for hydroxylation is 2. The van der Waals surface area contributed by atoms with Crippen LogP contribution in [0.5, 0.6) is 0 Å². The van der Waals surface area contributed by atoms with E-state index >= 15 is 0 Å². The van der Waals surface area contributed by atoms with E-state index in [2.05, 4.69) is 27.1 Å². The van der Waals surface area contributed by atoms with Gasteiger partial charge in [0.1, 0.15) is 0 Å². The molecule has 0 radical (unpaired) electrons. The summed E-state index contributed by atoms with van der Waals surface area (Å²) in [5.41, 5.74) is 2.60. The maximum Gasteiger partial charge on any atom is 0.183 e. The summed E-state index contributed by atoms with van der Waals surface area (Å²) in [7, 11) is 0. The smallest absolute Gasteiger partial charge is 0.183 e. The van der Waals surface area contributed by atoms with Crippen molar-refractivity contribution in [2.24, 2.45) is 0 Å². The Balaban J connectivity index is 1.82. The molecule has 0 aliphatic heterocycles. The molecule has 0 spiro atoms. The number of fused-ring (bicyclic) bond motifs is 1. The fourth-order valence-electron chi connectivity index (χ4n) is 2.21. The second kappa shape index (κ2) is 4.18. The van der Waals surface area contributed by atoms with Crippen molar-refractivity contribution in [3.05, 3.63) is 33.0 Å². The fraction of sp³-hybridized carbons (Fsp3) is 0.417. The molecule has 2 aromatic rings. The monoisotopic (exact) mass is 250 g/mol. The lowest BCUT2D eigenvalue weighted by Crippen LogP contribution is -2.15. The normalized spacial score (nSPS) is 19.4. The molecule has 16 heavy (non-hydrogen) atoms. The van der Waals surface area contributed by atoms with E-state index in [9.17, 15) is 0 Å². The first-order chi connectivity index (χ1) is 7.83. The summed E-state index contributed by atoms with van der Waals surface area (Å²) < 4.78 is 0. The van der Waals surface area contributed by atoms with Crippen LogP contribution >= 0.6 is 22.7 Å². The highest BCUT2D eigenvalue weighted by molar-refractivity contribution is 7.13. The second-order valence-corrected chi connectivity index (χ2v) is 6.04. The van der Waals surface area contributed by atoms with Crippen LogP contribution < -0.4 is 5.32 Å². The molecule has 0 saturated heterocycles. The molecule has 4 heteroatoms. The van der Waals surface area contributed by atoms with E-state index in [4.69, 9.17) is 0 Å².